The smallest absolute Gasteiger partial charge is 0.312 e. The lowest BCUT2D eigenvalue weighted by Gasteiger charge is -1.98. The lowest BCUT2D eigenvalue weighted by molar-refractivity contribution is -0.383. The summed E-state index contributed by atoms with van der Waals surface area (Å²) in [5.74, 6) is -0.230. The van der Waals surface area contributed by atoms with Gasteiger partial charge in [-0.25, -0.2) is 0 Å². The molecule has 0 aliphatic heterocycles. The van der Waals surface area contributed by atoms with E-state index in [0.29, 0.717) is 6.29 Å². The Morgan fingerprint density at radius 1 is 1.38 bits per heavy atom. The van der Waals surface area contributed by atoms with Crippen LogP contribution >= 0.6 is 0 Å². The molecule has 16 heavy (non-hydrogen) atoms. The fourth-order valence-corrected chi connectivity index (χ4v) is 1.38. The molecule has 0 spiro atoms. The SMILES string of the molecule is O=Cc1cc(=O)c2cccc([N+](=O)[O-])c2o1. The Morgan fingerprint density at radius 3 is 2.75 bits per heavy atom. The second-order valence-electron chi connectivity index (χ2n) is 3.04. The van der Waals surface area contributed by atoms with E-state index in [0.717, 1.165) is 6.07 Å². The molecule has 6 nitrogen and oxygen atoms in total. The second kappa shape index (κ2) is 3.58. The Balaban J connectivity index is 2.96. The van der Waals surface area contributed by atoms with Gasteiger partial charge in [0, 0.05) is 12.1 Å². The Hall–Kier alpha value is -2.50. The van der Waals surface area contributed by atoms with Gasteiger partial charge in [0.1, 0.15) is 0 Å². The highest BCUT2D eigenvalue weighted by Crippen LogP contribution is 2.23. The molecule has 0 aliphatic rings. The van der Waals surface area contributed by atoms with Gasteiger partial charge < -0.3 is 4.42 Å². The van der Waals surface area contributed by atoms with Crippen molar-refractivity contribution in [2.24, 2.45) is 0 Å². The zero-order valence-corrected chi connectivity index (χ0v) is 7.88. The topological polar surface area (TPSA) is 90.4 Å². The molecule has 0 aliphatic carbocycles. The number of nitrogens with zero attached hydrogens (tertiary/aromatic N) is 1. The Morgan fingerprint density at radius 2 is 2.12 bits per heavy atom. The fraction of sp³-hybridized carbons (Fsp3) is 0. The molecule has 0 amide bonds. The summed E-state index contributed by atoms with van der Waals surface area (Å²) < 4.78 is 4.97. The first kappa shape index (κ1) is 10.0. The fourth-order valence-electron chi connectivity index (χ4n) is 1.38. The molecule has 1 heterocycles. The van der Waals surface area contributed by atoms with Gasteiger partial charge in [0.25, 0.3) is 0 Å². The van der Waals surface area contributed by atoms with Crippen molar-refractivity contribution in [3.05, 3.63) is 50.4 Å². The minimum absolute atomic E-state index is 0.0831. The van der Waals surface area contributed by atoms with Crippen molar-refractivity contribution >= 4 is 22.9 Å². The third kappa shape index (κ3) is 1.46. The number of carbonyl (C=O) groups is 1. The van der Waals surface area contributed by atoms with Gasteiger partial charge in [-0.2, -0.15) is 0 Å². The predicted molar refractivity (Wildman–Crippen MR) is 54.5 cm³/mol. The van der Waals surface area contributed by atoms with Crippen LogP contribution in [0.3, 0.4) is 0 Å². The number of nitro benzene ring substituents is 1. The molecule has 1 aromatic heterocycles. The molecule has 0 atom stereocenters. The van der Waals surface area contributed by atoms with E-state index >= 15 is 0 Å². The van der Waals surface area contributed by atoms with E-state index in [1.165, 1.54) is 18.2 Å². The third-order valence-corrected chi connectivity index (χ3v) is 2.07. The quantitative estimate of drug-likeness (QED) is 0.433. The van der Waals surface area contributed by atoms with Crippen LogP contribution in [-0.4, -0.2) is 11.2 Å². The summed E-state index contributed by atoms with van der Waals surface area (Å²) >= 11 is 0. The Labute approximate surface area is 88.3 Å². The highest BCUT2D eigenvalue weighted by molar-refractivity contribution is 5.86. The molecule has 0 N–H and O–H groups in total. The number of aldehydes is 1. The lowest BCUT2D eigenvalue weighted by atomic mass is 10.2. The standard InChI is InChI=1S/C10H5NO5/c12-5-6-4-9(13)7-2-1-3-8(11(14)15)10(7)16-6/h1-5H. The molecule has 80 valence electrons. The van der Waals surface area contributed by atoms with Gasteiger partial charge in [-0.05, 0) is 6.07 Å². The number of para-hydroxylation sites is 1. The number of fused-ring (bicyclic) bond motifs is 1. The molecule has 0 radical (unpaired) electrons. The highest BCUT2D eigenvalue weighted by Gasteiger charge is 2.16. The van der Waals surface area contributed by atoms with Crippen LogP contribution in [0.4, 0.5) is 5.69 Å². The number of hydrogen-bond acceptors (Lipinski definition) is 5. The second-order valence-corrected chi connectivity index (χ2v) is 3.04. The first-order valence-electron chi connectivity index (χ1n) is 4.30. The van der Waals surface area contributed by atoms with Gasteiger partial charge in [0.05, 0.1) is 10.3 Å². The first-order chi connectivity index (χ1) is 7.63. The summed E-state index contributed by atoms with van der Waals surface area (Å²) in [5, 5.41) is 10.8. The molecule has 6 heteroatoms. The molecule has 1 aromatic carbocycles. The molecule has 2 aromatic rings. The van der Waals surface area contributed by atoms with E-state index in [4.69, 9.17) is 4.42 Å². The average Bonchev–Trinajstić information content (AvgIpc) is 2.28. The minimum Gasteiger partial charge on any atom is -0.446 e. The maximum atomic E-state index is 11.5. The van der Waals surface area contributed by atoms with Crippen LogP contribution in [0.2, 0.25) is 0 Å². The van der Waals surface area contributed by atoms with Crippen LogP contribution in [0.15, 0.2) is 33.5 Å². The summed E-state index contributed by atoms with van der Waals surface area (Å²) in [4.78, 5) is 32.0. The number of benzene rings is 1. The predicted octanol–water partition coefficient (Wildman–Crippen LogP) is 1.51. The summed E-state index contributed by atoms with van der Waals surface area (Å²) in [7, 11) is 0. The Kier molecular flexibility index (Phi) is 2.24. The number of nitro groups is 1. The van der Waals surface area contributed by atoms with Crippen molar-refractivity contribution < 1.29 is 14.1 Å². The summed E-state index contributed by atoms with van der Waals surface area (Å²) in [5.41, 5.74) is -0.993. The van der Waals surface area contributed by atoms with Gasteiger partial charge in [0.2, 0.25) is 5.58 Å². The average molecular weight is 219 g/mol. The van der Waals surface area contributed by atoms with E-state index in [-0.39, 0.29) is 22.4 Å². The van der Waals surface area contributed by atoms with Gasteiger partial charge in [-0.3, -0.25) is 19.7 Å². The molecule has 2 rings (SSSR count). The zero-order chi connectivity index (χ0) is 11.7. The summed E-state index contributed by atoms with van der Waals surface area (Å²) in [6.07, 6.45) is 0.331. The van der Waals surface area contributed by atoms with Crippen LogP contribution in [0.5, 0.6) is 0 Å². The van der Waals surface area contributed by atoms with Crippen LogP contribution in [0.25, 0.3) is 11.0 Å². The molecular weight excluding hydrogens is 214 g/mol. The number of hydrogen-bond donors (Lipinski definition) is 0. The van der Waals surface area contributed by atoms with Gasteiger partial charge in [-0.15, -0.1) is 0 Å². The van der Waals surface area contributed by atoms with Crippen molar-refractivity contribution in [1.82, 2.24) is 0 Å². The first-order valence-corrected chi connectivity index (χ1v) is 4.30. The van der Waals surface area contributed by atoms with Crippen LogP contribution in [0, 0.1) is 10.1 Å². The van der Waals surface area contributed by atoms with E-state index in [1.54, 1.807) is 0 Å². The van der Waals surface area contributed by atoms with E-state index in [9.17, 15) is 19.7 Å². The van der Waals surface area contributed by atoms with Crippen molar-refractivity contribution in [1.29, 1.82) is 0 Å². The largest absolute Gasteiger partial charge is 0.446 e. The maximum Gasteiger partial charge on any atom is 0.312 e. The molecule has 0 unspecified atom stereocenters. The highest BCUT2D eigenvalue weighted by atomic mass is 16.6. The van der Waals surface area contributed by atoms with Crippen molar-refractivity contribution in [3.8, 4) is 0 Å². The van der Waals surface area contributed by atoms with Crippen molar-refractivity contribution in [3.63, 3.8) is 0 Å². The van der Waals surface area contributed by atoms with Gasteiger partial charge >= 0.3 is 5.69 Å². The van der Waals surface area contributed by atoms with Crippen molar-refractivity contribution in [2.45, 2.75) is 0 Å². The van der Waals surface area contributed by atoms with Crippen LogP contribution in [0.1, 0.15) is 10.6 Å². The lowest BCUT2D eigenvalue weighted by Crippen LogP contribution is -2.03. The normalized spacial score (nSPS) is 10.2. The van der Waals surface area contributed by atoms with Crippen molar-refractivity contribution in [2.75, 3.05) is 0 Å². The third-order valence-electron chi connectivity index (χ3n) is 2.07. The number of non-ortho nitro benzene ring substituents is 1. The van der Waals surface area contributed by atoms with Crippen LogP contribution < -0.4 is 5.43 Å². The summed E-state index contributed by atoms with van der Waals surface area (Å²) in [6.45, 7) is 0. The molecular formula is C10H5NO5. The Bertz CT molecular complexity index is 643. The van der Waals surface area contributed by atoms with Gasteiger partial charge in [0.15, 0.2) is 17.5 Å². The molecule has 0 saturated heterocycles. The van der Waals surface area contributed by atoms with Crippen LogP contribution in [-0.2, 0) is 0 Å². The zero-order valence-electron chi connectivity index (χ0n) is 7.88. The summed E-state index contributed by atoms with van der Waals surface area (Å²) in [6, 6.07) is 5.00. The van der Waals surface area contributed by atoms with Gasteiger partial charge in [-0.1, -0.05) is 6.07 Å². The molecule has 0 bridgehead atoms. The monoisotopic (exact) mass is 219 g/mol. The maximum absolute atomic E-state index is 11.5. The minimum atomic E-state index is -0.667. The number of carbonyl (C=O) groups excluding carboxylic acids is 1. The van der Waals surface area contributed by atoms with E-state index in [2.05, 4.69) is 0 Å². The van der Waals surface area contributed by atoms with E-state index in [1.807, 2.05) is 0 Å². The molecule has 0 saturated carbocycles. The molecule has 0 fully saturated rings. The van der Waals surface area contributed by atoms with E-state index < -0.39 is 10.4 Å². The number of rotatable bonds is 2.